The van der Waals surface area contributed by atoms with Crippen LogP contribution in [0.2, 0.25) is 0 Å². The third-order valence-electron chi connectivity index (χ3n) is 4.85. The second-order valence-electron chi connectivity index (χ2n) is 7.55. The van der Waals surface area contributed by atoms with Crippen LogP contribution in [0.1, 0.15) is 28.6 Å². The molecule has 3 aromatic rings. The summed E-state index contributed by atoms with van der Waals surface area (Å²) in [7, 11) is -2.05. The highest BCUT2D eigenvalue weighted by Gasteiger charge is 2.21. The van der Waals surface area contributed by atoms with E-state index in [2.05, 4.69) is 15.0 Å². The number of aryl methyl sites for hydroxylation is 2. The number of esters is 1. The number of carbonyl (C=O) groups excluding carboxylic acids is 2. The van der Waals surface area contributed by atoms with E-state index in [0.717, 1.165) is 16.5 Å². The maximum absolute atomic E-state index is 12.4. The number of sulfonamides is 1. The molecule has 9 nitrogen and oxygen atoms in total. The van der Waals surface area contributed by atoms with Gasteiger partial charge in [0.25, 0.3) is 5.91 Å². The lowest BCUT2D eigenvalue weighted by Gasteiger charge is -2.19. The van der Waals surface area contributed by atoms with Crippen LogP contribution in [0.3, 0.4) is 0 Å². The normalized spacial score (nSPS) is 12.4. The average Bonchev–Trinajstić information content (AvgIpc) is 3.25. The van der Waals surface area contributed by atoms with Crippen LogP contribution in [-0.4, -0.2) is 43.0 Å². The molecule has 0 spiro atoms. The smallest absolute Gasteiger partial charge is 0.321 e. The van der Waals surface area contributed by atoms with Crippen molar-refractivity contribution in [3.63, 3.8) is 0 Å². The highest BCUT2D eigenvalue weighted by Crippen LogP contribution is 2.20. The SMILES string of the molecule is Cc1ccc(/C=C/S(=O)(=O)NCC(=O)OCC(=O)NC(c2ccccc2)c2nccn2C)cc1. The van der Waals surface area contributed by atoms with Gasteiger partial charge < -0.3 is 14.6 Å². The maximum Gasteiger partial charge on any atom is 0.321 e. The molecule has 0 aliphatic rings. The molecule has 0 saturated carbocycles. The Labute approximate surface area is 198 Å². The zero-order valence-corrected chi connectivity index (χ0v) is 19.7. The van der Waals surface area contributed by atoms with Crippen molar-refractivity contribution >= 4 is 28.0 Å². The van der Waals surface area contributed by atoms with E-state index in [1.54, 1.807) is 29.1 Å². The molecule has 0 bridgehead atoms. The van der Waals surface area contributed by atoms with Gasteiger partial charge in [0.2, 0.25) is 10.0 Å². The molecular formula is C24H26N4O5S. The van der Waals surface area contributed by atoms with Crippen LogP contribution in [0.5, 0.6) is 0 Å². The molecule has 10 heteroatoms. The van der Waals surface area contributed by atoms with Crippen LogP contribution in [0.4, 0.5) is 0 Å². The van der Waals surface area contributed by atoms with Crippen molar-refractivity contribution in [3.8, 4) is 0 Å². The largest absolute Gasteiger partial charge is 0.455 e. The first kappa shape index (κ1) is 24.9. The van der Waals surface area contributed by atoms with Crippen molar-refractivity contribution in [2.24, 2.45) is 7.05 Å². The molecule has 1 unspecified atom stereocenters. The molecular weight excluding hydrogens is 456 g/mol. The number of aromatic nitrogens is 2. The number of nitrogens with one attached hydrogen (secondary N) is 2. The van der Waals surface area contributed by atoms with Crippen molar-refractivity contribution in [1.29, 1.82) is 0 Å². The van der Waals surface area contributed by atoms with E-state index in [1.165, 1.54) is 6.08 Å². The number of amides is 1. The molecule has 0 fully saturated rings. The van der Waals surface area contributed by atoms with Crippen molar-refractivity contribution < 1.29 is 22.7 Å². The third kappa shape index (κ3) is 7.39. The summed E-state index contributed by atoms with van der Waals surface area (Å²) in [5.74, 6) is -0.818. The third-order valence-corrected chi connectivity index (χ3v) is 5.89. The lowest BCUT2D eigenvalue weighted by atomic mass is 10.1. The van der Waals surface area contributed by atoms with Crippen LogP contribution < -0.4 is 10.0 Å². The summed E-state index contributed by atoms with van der Waals surface area (Å²) in [6.45, 7) is 0.765. The van der Waals surface area contributed by atoms with Crippen LogP contribution in [0, 0.1) is 6.92 Å². The number of nitrogens with zero attached hydrogens (tertiary/aromatic N) is 2. The Hall–Kier alpha value is -3.76. The monoisotopic (exact) mass is 482 g/mol. The van der Waals surface area contributed by atoms with E-state index in [4.69, 9.17) is 4.74 Å². The van der Waals surface area contributed by atoms with Crippen LogP contribution in [0.25, 0.3) is 6.08 Å². The first-order chi connectivity index (χ1) is 16.2. The van der Waals surface area contributed by atoms with Gasteiger partial charge in [-0.3, -0.25) is 9.59 Å². The number of rotatable bonds is 10. The highest BCUT2D eigenvalue weighted by molar-refractivity contribution is 7.92. The number of imidazole rings is 1. The Balaban J connectivity index is 1.51. The minimum Gasteiger partial charge on any atom is -0.455 e. The number of ether oxygens (including phenoxy) is 1. The van der Waals surface area contributed by atoms with E-state index in [-0.39, 0.29) is 0 Å². The first-order valence-corrected chi connectivity index (χ1v) is 12.0. The molecule has 1 aromatic heterocycles. The Morgan fingerprint density at radius 1 is 1.12 bits per heavy atom. The van der Waals surface area contributed by atoms with Crippen molar-refractivity contribution in [1.82, 2.24) is 19.6 Å². The van der Waals surface area contributed by atoms with Gasteiger partial charge in [-0.05, 0) is 24.1 Å². The lowest BCUT2D eigenvalue weighted by molar-refractivity contribution is -0.147. The topological polar surface area (TPSA) is 119 Å². The van der Waals surface area contributed by atoms with Gasteiger partial charge in [-0.2, -0.15) is 0 Å². The van der Waals surface area contributed by atoms with Gasteiger partial charge in [0.05, 0.1) is 0 Å². The lowest BCUT2D eigenvalue weighted by Crippen LogP contribution is -2.36. The summed E-state index contributed by atoms with van der Waals surface area (Å²) >= 11 is 0. The number of hydrogen-bond donors (Lipinski definition) is 2. The Morgan fingerprint density at radius 3 is 2.47 bits per heavy atom. The predicted molar refractivity (Wildman–Crippen MR) is 128 cm³/mol. The fraction of sp³-hybridized carbons (Fsp3) is 0.208. The van der Waals surface area contributed by atoms with Crippen molar-refractivity contribution in [3.05, 3.63) is 94.9 Å². The average molecular weight is 483 g/mol. The minimum atomic E-state index is -3.86. The van der Waals surface area contributed by atoms with Gasteiger partial charge in [-0.15, -0.1) is 0 Å². The summed E-state index contributed by atoms with van der Waals surface area (Å²) in [6.07, 6.45) is 4.80. The molecule has 2 N–H and O–H groups in total. The molecule has 0 radical (unpaired) electrons. The molecule has 1 amide bonds. The number of benzene rings is 2. The summed E-state index contributed by atoms with van der Waals surface area (Å²) in [5.41, 5.74) is 2.57. The van der Waals surface area contributed by atoms with Gasteiger partial charge in [0, 0.05) is 24.8 Å². The highest BCUT2D eigenvalue weighted by atomic mass is 32.2. The molecule has 34 heavy (non-hydrogen) atoms. The summed E-state index contributed by atoms with van der Waals surface area (Å²) in [6, 6.07) is 16.0. The van der Waals surface area contributed by atoms with Gasteiger partial charge in [-0.1, -0.05) is 60.2 Å². The van der Waals surface area contributed by atoms with Crippen LogP contribution in [-0.2, 0) is 31.4 Å². The van der Waals surface area contributed by atoms with Gasteiger partial charge in [-0.25, -0.2) is 18.1 Å². The minimum absolute atomic E-state index is 0.544. The van der Waals surface area contributed by atoms with E-state index in [1.807, 2.05) is 56.4 Å². The molecule has 0 saturated heterocycles. The van der Waals surface area contributed by atoms with E-state index in [0.29, 0.717) is 11.4 Å². The summed E-state index contributed by atoms with van der Waals surface area (Å²) < 4.78 is 33.0. The predicted octanol–water partition coefficient (Wildman–Crippen LogP) is 2.07. The number of carbonyl (C=O) groups is 2. The molecule has 0 aliphatic carbocycles. The second kappa shape index (κ2) is 11.4. The first-order valence-electron chi connectivity index (χ1n) is 10.4. The van der Waals surface area contributed by atoms with E-state index >= 15 is 0 Å². The number of hydrogen-bond acceptors (Lipinski definition) is 6. The Kier molecular flexibility index (Phi) is 8.34. The Morgan fingerprint density at radius 2 is 1.82 bits per heavy atom. The quantitative estimate of drug-likeness (QED) is 0.427. The molecule has 178 valence electrons. The Bertz CT molecular complexity index is 1250. The van der Waals surface area contributed by atoms with E-state index < -0.39 is 41.1 Å². The van der Waals surface area contributed by atoms with Gasteiger partial charge in [0.1, 0.15) is 18.4 Å². The molecule has 0 aliphatic heterocycles. The van der Waals surface area contributed by atoms with Crippen molar-refractivity contribution in [2.75, 3.05) is 13.2 Å². The zero-order valence-electron chi connectivity index (χ0n) is 18.8. The fourth-order valence-electron chi connectivity index (χ4n) is 3.05. The summed E-state index contributed by atoms with van der Waals surface area (Å²) in [5, 5.41) is 3.76. The zero-order chi connectivity index (χ0) is 24.6. The molecule has 1 atom stereocenters. The second-order valence-corrected chi connectivity index (χ2v) is 9.20. The van der Waals surface area contributed by atoms with E-state index in [9.17, 15) is 18.0 Å². The maximum atomic E-state index is 12.4. The fourth-order valence-corrected chi connectivity index (χ4v) is 3.80. The molecule has 2 aromatic carbocycles. The van der Waals surface area contributed by atoms with Crippen LogP contribution >= 0.6 is 0 Å². The molecule has 3 rings (SSSR count). The van der Waals surface area contributed by atoms with Crippen LogP contribution in [0.15, 0.2) is 72.4 Å². The van der Waals surface area contributed by atoms with Crippen molar-refractivity contribution in [2.45, 2.75) is 13.0 Å². The molecule has 1 heterocycles. The van der Waals surface area contributed by atoms with Gasteiger partial charge >= 0.3 is 5.97 Å². The van der Waals surface area contributed by atoms with Gasteiger partial charge in [0.15, 0.2) is 6.61 Å². The summed E-state index contributed by atoms with van der Waals surface area (Å²) in [4.78, 5) is 28.7. The standard InChI is InChI=1S/C24H26N4O5S/c1-18-8-10-19(11-9-18)12-15-34(31,32)26-16-22(30)33-17-21(29)27-23(20-6-4-3-5-7-20)24-25-13-14-28(24)2/h3-15,23,26H,16-17H2,1-2H3,(H,27,29)/b15-12+.